The molecule has 6 heteroatoms. The number of aliphatic hydroxyl groups is 1. The lowest BCUT2D eigenvalue weighted by molar-refractivity contribution is -0.140. The molecule has 1 aliphatic rings. The lowest BCUT2D eigenvalue weighted by Gasteiger charge is -2.26. The highest BCUT2D eigenvalue weighted by atomic mass is 16.5. The average molecular weight is 438 g/mol. The van der Waals surface area contributed by atoms with Crippen molar-refractivity contribution >= 4 is 17.4 Å². The van der Waals surface area contributed by atoms with Gasteiger partial charge in [-0.2, -0.15) is 0 Å². The Balaban J connectivity index is 2.09. The van der Waals surface area contributed by atoms with E-state index in [1.165, 1.54) is 4.90 Å². The van der Waals surface area contributed by atoms with Gasteiger partial charge in [0, 0.05) is 12.1 Å². The van der Waals surface area contributed by atoms with Gasteiger partial charge in [-0.05, 0) is 52.3 Å². The third kappa shape index (κ3) is 5.19. The number of aliphatic hydroxyl groups excluding tert-OH is 1. The maximum Gasteiger partial charge on any atom is 0.295 e. The van der Waals surface area contributed by atoms with E-state index in [1.54, 1.807) is 24.3 Å². The Morgan fingerprint density at radius 2 is 1.75 bits per heavy atom. The molecule has 3 rings (SSSR count). The zero-order chi connectivity index (χ0) is 23.4. The molecule has 0 aliphatic carbocycles. The van der Waals surface area contributed by atoms with Crippen LogP contribution in [0.4, 0.5) is 0 Å². The van der Waals surface area contributed by atoms with E-state index in [-0.39, 0.29) is 30.1 Å². The first-order chi connectivity index (χ1) is 15.2. The fourth-order valence-corrected chi connectivity index (χ4v) is 3.83. The van der Waals surface area contributed by atoms with Crippen molar-refractivity contribution in [1.82, 2.24) is 4.90 Å². The van der Waals surface area contributed by atoms with Crippen LogP contribution in [0.3, 0.4) is 0 Å². The van der Waals surface area contributed by atoms with E-state index in [1.807, 2.05) is 58.9 Å². The predicted molar refractivity (Wildman–Crippen MR) is 123 cm³/mol. The maximum absolute atomic E-state index is 13.1. The molecule has 170 valence electrons. The van der Waals surface area contributed by atoms with Crippen molar-refractivity contribution in [2.45, 2.75) is 52.9 Å². The number of amides is 1. The van der Waals surface area contributed by atoms with Gasteiger partial charge in [-0.3, -0.25) is 9.59 Å². The van der Waals surface area contributed by atoms with Gasteiger partial charge in [0.2, 0.25) is 0 Å². The minimum Gasteiger partial charge on any atom is -0.507 e. The van der Waals surface area contributed by atoms with Gasteiger partial charge in [0.05, 0.1) is 30.4 Å². The molecule has 1 aliphatic heterocycles. The summed E-state index contributed by atoms with van der Waals surface area (Å²) >= 11 is 0. The summed E-state index contributed by atoms with van der Waals surface area (Å²) in [7, 11) is 0. The number of aryl methyl sites for hydroxylation is 1. The first-order valence-electron chi connectivity index (χ1n) is 10.9. The second kappa shape index (κ2) is 10.0. The fraction of sp³-hybridized carbons (Fsp3) is 0.385. The molecule has 1 heterocycles. The SMILES string of the molecule is Cc1cccc(C2/C(=C(/O)c3cccc(OC(C)C)c3)C(=O)C(=O)N2CCOC(C)C)c1. The number of ketones is 1. The van der Waals surface area contributed by atoms with Gasteiger partial charge >= 0.3 is 0 Å². The molecule has 1 atom stereocenters. The number of hydrogen-bond acceptors (Lipinski definition) is 5. The second-order valence-electron chi connectivity index (χ2n) is 8.52. The Morgan fingerprint density at radius 3 is 2.41 bits per heavy atom. The smallest absolute Gasteiger partial charge is 0.295 e. The fourth-order valence-electron chi connectivity index (χ4n) is 3.83. The minimum absolute atomic E-state index is 0.00735. The molecule has 1 N–H and O–H groups in total. The number of Topliss-reactive ketones (excluding diaryl/α,β-unsaturated/α-hetero) is 1. The number of likely N-dealkylation sites (tertiary alicyclic amines) is 1. The highest BCUT2D eigenvalue weighted by molar-refractivity contribution is 6.46. The van der Waals surface area contributed by atoms with Gasteiger partial charge in [-0.25, -0.2) is 0 Å². The topological polar surface area (TPSA) is 76.1 Å². The Morgan fingerprint density at radius 1 is 1.03 bits per heavy atom. The molecule has 1 amide bonds. The zero-order valence-corrected chi connectivity index (χ0v) is 19.3. The van der Waals surface area contributed by atoms with Crippen molar-refractivity contribution in [3.63, 3.8) is 0 Å². The van der Waals surface area contributed by atoms with Gasteiger partial charge in [-0.1, -0.05) is 42.0 Å². The summed E-state index contributed by atoms with van der Waals surface area (Å²) in [4.78, 5) is 27.5. The van der Waals surface area contributed by atoms with Gasteiger partial charge in [0.15, 0.2) is 0 Å². The standard InChI is InChI=1S/C26H31NO5/c1-16(2)31-13-12-27-23(19-9-6-8-18(5)14-19)22(25(29)26(27)30)24(28)20-10-7-11-21(15-20)32-17(3)4/h6-11,14-17,23,28H,12-13H2,1-5H3/b24-22-. The molecular weight excluding hydrogens is 406 g/mol. The predicted octanol–water partition coefficient (Wildman–Crippen LogP) is 4.63. The lowest BCUT2D eigenvalue weighted by atomic mass is 9.94. The van der Waals surface area contributed by atoms with Crippen molar-refractivity contribution in [1.29, 1.82) is 0 Å². The largest absolute Gasteiger partial charge is 0.507 e. The molecule has 1 unspecified atom stereocenters. The summed E-state index contributed by atoms with van der Waals surface area (Å²) in [5.41, 5.74) is 2.27. The van der Waals surface area contributed by atoms with Crippen LogP contribution in [0, 0.1) is 6.92 Å². The molecule has 1 saturated heterocycles. The molecular formula is C26H31NO5. The third-order valence-electron chi connectivity index (χ3n) is 5.16. The summed E-state index contributed by atoms with van der Waals surface area (Å²) in [6, 6.07) is 13.8. The van der Waals surface area contributed by atoms with Crippen LogP contribution in [0.1, 0.15) is 50.4 Å². The maximum atomic E-state index is 13.1. The van der Waals surface area contributed by atoms with Crippen LogP contribution >= 0.6 is 0 Å². The number of rotatable bonds is 8. The van der Waals surface area contributed by atoms with Gasteiger partial charge in [-0.15, -0.1) is 0 Å². The summed E-state index contributed by atoms with van der Waals surface area (Å²) < 4.78 is 11.4. The number of benzene rings is 2. The van der Waals surface area contributed by atoms with Gasteiger partial charge < -0.3 is 19.5 Å². The Hall–Kier alpha value is -3.12. The Kier molecular flexibility index (Phi) is 7.36. The van der Waals surface area contributed by atoms with Crippen LogP contribution in [0.2, 0.25) is 0 Å². The van der Waals surface area contributed by atoms with Gasteiger partial charge in [0.1, 0.15) is 11.5 Å². The number of carbonyl (C=O) groups is 2. The van der Waals surface area contributed by atoms with E-state index >= 15 is 0 Å². The molecule has 0 saturated carbocycles. The summed E-state index contributed by atoms with van der Waals surface area (Å²) in [6.45, 7) is 10.1. The molecule has 0 spiro atoms. The van der Waals surface area contributed by atoms with Crippen LogP contribution < -0.4 is 4.74 Å². The van der Waals surface area contributed by atoms with E-state index in [0.717, 1.165) is 11.1 Å². The van der Waals surface area contributed by atoms with Crippen molar-refractivity contribution < 1.29 is 24.2 Å². The normalized spacial score (nSPS) is 18.1. The molecule has 2 aromatic carbocycles. The minimum atomic E-state index is -0.700. The van der Waals surface area contributed by atoms with Gasteiger partial charge in [0.25, 0.3) is 11.7 Å². The third-order valence-corrected chi connectivity index (χ3v) is 5.16. The van der Waals surface area contributed by atoms with Crippen LogP contribution in [0.25, 0.3) is 5.76 Å². The first-order valence-corrected chi connectivity index (χ1v) is 10.9. The molecule has 6 nitrogen and oxygen atoms in total. The van der Waals surface area contributed by atoms with Crippen molar-refractivity contribution in [3.05, 3.63) is 70.8 Å². The van der Waals surface area contributed by atoms with Crippen LogP contribution in [-0.4, -0.2) is 47.1 Å². The van der Waals surface area contributed by atoms with E-state index in [9.17, 15) is 14.7 Å². The number of nitrogens with zero attached hydrogens (tertiary/aromatic N) is 1. The molecule has 0 bridgehead atoms. The van der Waals surface area contributed by atoms with E-state index in [2.05, 4.69) is 0 Å². The molecule has 0 radical (unpaired) electrons. The zero-order valence-electron chi connectivity index (χ0n) is 19.3. The number of hydrogen-bond donors (Lipinski definition) is 1. The van der Waals surface area contributed by atoms with Crippen molar-refractivity contribution in [2.75, 3.05) is 13.2 Å². The van der Waals surface area contributed by atoms with E-state index in [0.29, 0.717) is 17.9 Å². The van der Waals surface area contributed by atoms with Crippen LogP contribution in [-0.2, 0) is 14.3 Å². The summed E-state index contributed by atoms with van der Waals surface area (Å²) in [5, 5.41) is 11.2. The summed E-state index contributed by atoms with van der Waals surface area (Å²) in [6.07, 6.45) is -0.0285. The average Bonchev–Trinajstić information content (AvgIpc) is 2.98. The van der Waals surface area contributed by atoms with Crippen LogP contribution in [0.15, 0.2) is 54.1 Å². The molecule has 0 aromatic heterocycles. The number of ether oxygens (including phenoxy) is 2. The van der Waals surface area contributed by atoms with Crippen molar-refractivity contribution in [2.24, 2.45) is 0 Å². The Labute approximate surface area is 189 Å². The van der Waals surface area contributed by atoms with Crippen LogP contribution in [0.5, 0.6) is 5.75 Å². The molecule has 32 heavy (non-hydrogen) atoms. The molecule has 1 fully saturated rings. The van der Waals surface area contributed by atoms with E-state index < -0.39 is 17.7 Å². The second-order valence-corrected chi connectivity index (χ2v) is 8.52. The monoisotopic (exact) mass is 437 g/mol. The van der Waals surface area contributed by atoms with E-state index in [4.69, 9.17) is 9.47 Å². The molecule has 2 aromatic rings. The highest BCUT2D eigenvalue weighted by Gasteiger charge is 2.45. The quantitative estimate of drug-likeness (QED) is 0.370. The number of carbonyl (C=O) groups excluding carboxylic acids is 2. The van der Waals surface area contributed by atoms with Crippen molar-refractivity contribution in [3.8, 4) is 5.75 Å². The summed E-state index contributed by atoms with van der Waals surface area (Å²) in [5.74, 6) is -0.971. The first kappa shape index (κ1) is 23.5. The highest BCUT2D eigenvalue weighted by Crippen LogP contribution is 2.39. The lowest BCUT2D eigenvalue weighted by Crippen LogP contribution is -2.33. The Bertz CT molecular complexity index is 1020.